The van der Waals surface area contributed by atoms with E-state index in [1.807, 2.05) is 49.5 Å². The van der Waals surface area contributed by atoms with Crippen LogP contribution in [0.25, 0.3) is 16.6 Å². The smallest absolute Gasteiger partial charge is 0.430 e. The first-order valence-electron chi connectivity index (χ1n) is 13.9. The zero-order valence-corrected chi connectivity index (χ0v) is 24.6. The average molecular weight is 617 g/mol. The Balaban J connectivity index is 0.000000676. The lowest BCUT2D eigenvalue weighted by atomic mass is 10.0. The van der Waals surface area contributed by atoms with Gasteiger partial charge in [-0.05, 0) is 55.7 Å². The van der Waals surface area contributed by atoms with E-state index < -0.39 is 12.1 Å². The van der Waals surface area contributed by atoms with Crippen molar-refractivity contribution in [1.82, 2.24) is 10.3 Å². The molecule has 4 rings (SSSR count). The highest BCUT2D eigenvalue weighted by Gasteiger charge is 2.29. The second kappa shape index (κ2) is 15.7. The molecule has 2 heterocycles. The molecular formula is C31H35F3N4O6. The van der Waals surface area contributed by atoms with Crippen molar-refractivity contribution in [3.05, 3.63) is 71.6 Å². The summed E-state index contributed by atoms with van der Waals surface area (Å²) in [7, 11) is 3.05. The van der Waals surface area contributed by atoms with E-state index >= 15 is 0 Å². The predicted molar refractivity (Wildman–Crippen MR) is 155 cm³/mol. The van der Waals surface area contributed by atoms with Crippen LogP contribution in [-0.2, 0) is 25.5 Å². The van der Waals surface area contributed by atoms with E-state index in [2.05, 4.69) is 32.7 Å². The molecule has 1 aliphatic heterocycles. The number of unbranched alkanes of at least 4 members (excludes halogenated alkanes) is 2. The van der Waals surface area contributed by atoms with Crippen LogP contribution in [0.15, 0.2) is 59.7 Å². The van der Waals surface area contributed by atoms with Gasteiger partial charge in [0.25, 0.3) is 0 Å². The van der Waals surface area contributed by atoms with Crippen LogP contribution in [0.5, 0.6) is 5.75 Å². The van der Waals surface area contributed by atoms with E-state index in [1.165, 1.54) is 7.11 Å². The van der Waals surface area contributed by atoms with Gasteiger partial charge in [-0.15, -0.1) is 0 Å². The molecule has 0 bridgehead atoms. The van der Waals surface area contributed by atoms with E-state index in [-0.39, 0.29) is 24.3 Å². The number of methoxy groups -OCH3 is 2. The first-order chi connectivity index (χ1) is 20.9. The predicted octanol–water partition coefficient (Wildman–Crippen LogP) is 2.91. The van der Waals surface area contributed by atoms with E-state index in [0.717, 1.165) is 70.7 Å². The van der Waals surface area contributed by atoms with Gasteiger partial charge < -0.3 is 29.7 Å². The van der Waals surface area contributed by atoms with Crippen LogP contribution < -0.4 is 20.5 Å². The molecule has 2 aromatic carbocycles. The summed E-state index contributed by atoms with van der Waals surface area (Å²) in [5.41, 5.74) is 5.03. The number of ether oxygens (including phenoxy) is 2. The maximum atomic E-state index is 13.3. The number of carbonyl (C=O) groups excluding carboxylic acids is 3. The Labute approximate surface area is 252 Å². The molecule has 0 fully saturated rings. The number of aliphatic imine (C=N–C) groups is 1. The zero-order valence-electron chi connectivity index (χ0n) is 24.6. The molecule has 1 atom stereocenters. The van der Waals surface area contributed by atoms with Crippen LogP contribution in [0, 0.1) is 6.92 Å². The largest absolute Gasteiger partial charge is 0.542 e. The molecule has 1 aliphatic rings. The van der Waals surface area contributed by atoms with Gasteiger partial charge in [-0.25, -0.2) is 4.99 Å². The fourth-order valence-electron chi connectivity index (χ4n) is 4.67. The summed E-state index contributed by atoms with van der Waals surface area (Å²) < 4.78 is 41.7. The number of amides is 1. The number of carboxylic acids is 1. The molecule has 0 spiro atoms. The van der Waals surface area contributed by atoms with Crippen molar-refractivity contribution >= 4 is 40.3 Å². The van der Waals surface area contributed by atoms with Crippen molar-refractivity contribution in [2.75, 3.05) is 14.2 Å². The van der Waals surface area contributed by atoms with Crippen LogP contribution >= 0.6 is 0 Å². The Morgan fingerprint density at radius 1 is 1.07 bits per heavy atom. The molecule has 4 N–H and O–H groups in total. The van der Waals surface area contributed by atoms with Gasteiger partial charge in [0.15, 0.2) is 5.70 Å². The molecule has 0 radical (unpaired) electrons. The number of amidine groups is 1. The van der Waals surface area contributed by atoms with Gasteiger partial charge in [0.2, 0.25) is 11.7 Å². The van der Waals surface area contributed by atoms with Crippen molar-refractivity contribution in [1.29, 1.82) is 0 Å². The van der Waals surface area contributed by atoms with Crippen LogP contribution in [0.2, 0.25) is 0 Å². The number of alkyl halides is 3. The maximum absolute atomic E-state index is 13.3. The number of fused-ring (bicyclic) bond motifs is 1. The molecule has 0 saturated carbocycles. The third-order valence-corrected chi connectivity index (χ3v) is 6.95. The number of esters is 1. The number of aliphatic carboxylic acids is 1. The minimum absolute atomic E-state index is 0.0596. The summed E-state index contributed by atoms with van der Waals surface area (Å²) in [5, 5.41) is 15.1. The number of aromatic nitrogens is 1. The van der Waals surface area contributed by atoms with E-state index in [1.54, 1.807) is 7.11 Å². The van der Waals surface area contributed by atoms with Gasteiger partial charge in [0, 0.05) is 28.6 Å². The Hall–Kier alpha value is -4.65. The van der Waals surface area contributed by atoms with Crippen molar-refractivity contribution < 1.29 is 47.5 Å². The van der Waals surface area contributed by atoms with Crippen LogP contribution in [0.4, 0.5) is 13.2 Å². The van der Waals surface area contributed by atoms with Crippen molar-refractivity contribution in [3.8, 4) is 5.75 Å². The summed E-state index contributed by atoms with van der Waals surface area (Å²) >= 11 is 0. The van der Waals surface area contributed by atoms with E-state index in [4.69, 9.17) is 19.4 Å². The number of H-pyrrole nitrogens is 1. The number of carboxylic acid groups (broad SMARTS) is 1. The lowest BCUT2D eigenvalue weighted by Crippen LogP contribution is -2.87. The highest BCUT2D eigenvalue weighted by atomic mass is 19.4. The Morgan fingerprint density at radius 3 is 2.41 bits per heavy atom. The molecule has 13 heteroatoms. The molecular weight excluding hydrogens is 581 g/mol. The maximum Gasteiger partial charge on any atom is 0.430 e. The van der Waals surface area contributed by atoms with Crippen molar-refractivity contribution in [3.63, 3.8) is 0 Å². The van der Waals surface area contributed by atoms with Crippen LogP contribution in [-0.4, -0.2) is 55.1 Å². The minimum Gasteiger partial charge on any atom is -0.542 e. The second-order valence-corrected chi connectivity index (χ2v) is 10.0. The fourth-order valence-corrected chi connectivity index (χ4v) is 4.67. The Morgan fingerprint density at radius 2 is 1.77 bits per heavy atom. The molecule has 236 valence electrons. The van der Waals surface area contributed by atoms with Crippen LogP contribution in [0.1, 0.15) is 48.9 Å². The third-order valence-electron chi connectivity index (χ3n) is 6.95. The summed E-state index contributed by atoms with van der Waals surface area (Å²) in [6.07, 6.45) is 0.547. The number of hydrogen-bond acceptors (Lipinski definition) is 7. The molecule has 3 aromatic rings. The van der Waals surface area contributed by atoms with Gasteiger partial charge >= 0.3 is 12.1 Å². The fraction of sp³-hybridized carbons (Fsp3) is 0.355. The van der Waals surface area contributed by atoms with Gasteiger partial charge in [0.1, 0.15) is 17.8 Å². The SMILES string of the molecule is COC(=O)CCCCC[C@H](NC(=O)Cc1c(C)[nH]c2ccc(OC)cc12)C1=NC=C(c2ccccc2)[NH2+]1.O=C([O-])C(F)(F)F. The highest BCUT2D eigenvalue weighted by Crippen LogP contribution is 2.27. The van der Waals surface area contributed by atoms with Gasteiger partial charge in [-0.3, -0.25) is 14.9 Å². The zero-order chi connectivity index (χ0) is 32.3. The summed E-state index contributed by atoms with van der Waals surface area (Å²) in [5.74, 6) is -1.66. The molecule has 0 unspecified atom stereocenters. The summed E-state index contributed by atoms with van der Waals surface area (Å²) in [6.45, 7) is 1.98. The number of benzene rings is 2. The first kappa shape index (κ1) is 33.8. The van der Waals surface area contributed by atoms with Gasteiger partial charge in [0.05, 0.1) is 26.8 Å². The number of nitrogens with two attached hydrogens (primary N) is 1. The topological polar surface area (TPSA) is 150 Å². The molecule has 1 amide bonds. The minimum atomic E-state index is -5.19. The number of aryl methyl sites for hydroxylation is 1. The van der Waals surface area contributed by atoms with Gasteiger partial charge in [-0.1, -0.05) is 31.0 Å². The van der Waals surface area contributed by atoms with Crippen molar-refractivity contribution in [2.45, 2.75) is 57.7 Å². The number of carbonyl (C=O) groups is 3. The third kappa shape index (κ3) is 9.69. The Bertz CT molecular complexity index is 1520. The van der Waals surface area contributed by atoms with E-state index in [0.29, 0.717) is 6.42 Å². The van der Waals surface area contributed by atoms with Gasteiger partial charge in [-0.2, -0.15) is 13.2 Å². The lowest BCUT2D eigenvalue weighted by Gasteiger charge is -2.17. The summed E-state index contributed by atoms with van der Waals surface area (Å²) in [4.78, 5) is 41.5. The number of halogens is 3. The number of quaternary nitrogens is 1. The standard InChI is InChI=1S/C29H34N4O4.C2HF3O2/c1-19-22(23-16-21(36-2)14-15-24(23)31-19)17-27(34)32-25(12-8-5-9-13-28(35)37-3)29-30-18-26(33-29)20-10-6-4-7-11-20;3-2(4,5)1(6)7/h4,6-7,10-11,14-16,18,25,31H,5,8-9,12-13,17H2,1-3H3,(H,30,33)(H,32,34);(H,6,7)/t25-;/m0./s1. The lowest BCUT2D eigenvalue weighted by molar-refractivity contribution is -0.434. The first-order valence-corrected chi connectivity index (χ1v) is 13.9. The molecule has 0 aliphatic carbocycles. The molecule has 1 aromatic heterocycles. The quantitative estimate of drug-likeness (QED) is 0.211. The molecule has 0 saturated heterocycles. The van der Waals surface area contributed by atoms with Crippen LogP contribution in [0.3, 0.4) is 0 Å². The Kier molecular flexibility index (Phi) is 12.1. The number of rotatable bonds is 12. The normalized spacial score (nSPS) is 13.3. The molecule has 10 nitrogen and oxygen atoms in total. The second-order valence-electron chi connectivity index (χ2n) is 10.0. The van der Waals surface area contributed by atoms with Crippen molar-refractivity contribution in [2.24, 2.45) is 4.99 Å². The number of nitrogens with one attached hydrogen (secondary N) is 2. The highest BCUT2D eigenvalue weighted by molar-refractivity contribution is 5.94. The number of nitrogens with zero attached hydrogens (tertiary/aromatic N) is 1. The molecule has 44 heavy (non-hydrogen) atoms. The van der Waals surface area contributed by atoms with E-state index in [9.17, 15) is 22.8 Å². The monoisotopic (exact) mass is 616 g/mol. The number of hydrogen-bond donors (Lipinski definition) is 3. The number of aromatic amines is 1. The summed E-state index contributed by atoms with van der Waals surface area (Å²) in [6, 6.07) is 15.7. The average Bonchev–Trinajstić information content (AvgIpc) is 3.61.